The summed E-state index contributed by atoms with van der Waals surface area (Å²) in [4.78, 5) is 23.8. The van der Waals surface area contributed by atoms with Crippen molar-refractivity contribution in [3.63, 3.8) is 0 Å². The smallest absolute Gasteiger partial charge is 0.328 e. The lowest BCUT2D eigenvalue weighted by Crippen LogP contribution is -2.31. The fourth-order valence-corrected chi connectivity index (χ4v) is 2.60. The Labute approximate surface area is 123 Å². The number of hydrogen-bond acceptors (Lipinski definition) is 3. The van der Waals surface area contributed by atoms with Crippen LogP contribution in [0.4, 0.5) is 0 Å². The van der Waals surface area contributed by atoms with Gasteiger partial charge >= 0.3 is 5.97 Å². The van der Waals surface area contributed by atoms with Gasteiger partial charge in [-0.1, -0.05) is 26.2 Å². The second-order valence-electron chi connectivity index (χ2n) is 4.74. The molecule has 0 aliphatic heterocycles. The van der Waals surface area contributed by atoms with Gasteiger partial charge in [0, 0.05) is 17.0 Å². The number of carbonyl (C=O) groups excluding carboxylic acids is 1. The zero-order chi connectivity index (χ0) is 15.0. The number of carboxylic acid groups (broad SMARTS) is 1. The summed E-state index contributed by atoms with van der Waals surface area (Å²) in [6.45, 7) is 4.16. The standard InChI is InChI=1S/C15H21NO3S/c1-3-4-5-6-11(2)16-15(19)13-9-7-12(20-13)8-10-14(17)18/h7-11H,3-6H2,1-2H3,(H,16,19)(H,17,18). The molecule has 1 heterocycles. The van der Waals surface area contributed by atoms with Gasteiger partial charge in [-0.25, -0.2) is 4.79 Å². The average molecular weight is 295 g/mol. The molecule has 0 fully saturated rings. The molecule has 1 amide bonds. The molecule has 110 valence electrons. The lowest BCUT2D eigenvalue weighted by atomic mass is 10.1. The summed E-state index contributed by atoms with van der Waals surface area (Å²) < 4.78 is 0. The molecule has 0 spiro atoms. The van der Waals surface area contributed by atoms with Crippen LogP contribution in [0.2, 0.25) is 0 Å². The number of rotatable bonds is 8. The molecule has 20 heavy (non-hydrogen) atoms. The monoisotopic (exact) mass is 295 g/mol. The van der Waals surface area contributed by atoms with Crippen LogP contribution < -0.4 is 5.32 Å². The van der Waals surface area contributed by atoms with E-state index in [0.29, 0.717) is 4.88 Å². The molecule has 0 saturated heterocycles. The van der Waals surface area contributed by atoms with E-state index in [9.17, 15) is 9.59 Å². The van der Waals surface area contributed by atoms with Crippen molar-refractivity contribution in [3.8, 4) is 0 Å². The molecule has 1 rings (SSSR count). The van der Waals surface area contributed by atoms with Gasteiger partial charge in [0.15, 0.2) is 0 Å². The molecule has 5 heteroatoms. The maximum atomic E-state index is 12.0. The van der Waals surface area contributed by atoms with Crippen LogP contribution >= 0.6 is 11.3 Å². The van der Waals surface area contributed by atoms with Gasteiger partial charge in [-0.05, 0) is 31.6 Å². The minimum absolute atomic E-state index is 0.0889. The van der Waals surface area contributed by atoms with Gasteiger partial charge in [0.25, 0.3) is 5.91 Å². The van der Waals surface area contributed by atoms with Gasteiger partial charge in [0.05, 0.1) is 4.88 Å². The van der Waals surface area contributed by atoms with Gasteiger partial charge < -0.3 is 10.4 Å². The number of aliphatic carboxylic acids is 1. The fraction of sp³-hybridized carbons (Fsp3) is 0.467. The zero-order valence-electron chi connectivity index (χ0n) is 11.9. The van der Waals surface area contributed by atoms with E-state index >= 15 is 0 Å². The van der Waals surface area contributed by atoms with Crippen LogP contribution in [0.5, 0.6) is 0 Å². The predicted octanol–water partition coefficient (Wildman–Crippen LogP) is 3.54. The predicted molar refractivity (Wildman–Crippen MR) is 82.1 cm³/mol. The SMILES string of the molecule is CCCCCC(C)NC(=O)c1ccc(C=CC(=O)O)s1. The molecule has 1 aromatic rings. The topological polar surface area (TPSA) is 66.4 Å². The zero-order valence-corrected chi connectivity index (χ0v) is 12.7. The molecule has 0 aromatic carbocycles. The highest BCUT2D eigenvalue weighted by molar-refractivity contribution is 7.14. The van der Waals surface area contributed by atoms with Crippen LogP contribution in [0.1, 0.15) is 54.1 Å². The van der Waals surface area contributed by atoms with Crippen molar-refractivity contribution in [2.45, 2.75) is 45.6 Å². The Morgan fingerprint density at radius 1 is 1.40 bits per heavy atom. The van der Waals surface area contributed by atoms with Crippen LogP contribution in [0.15, 0.2) is 18.2 Å². The van der Waals surface area contributed by atoms with E-state index in [4.69, 9.17) is 5.11 Å². The highest BCUT2D eigenvalue weighted by Crippen LogP contribution is 2.18. The van der Waals surface area contributed by atoms with Crippen molar-refractivity contribution in [3.05, 3.63) is 28.0 Å². The molecule has 4 nitrogen and oxygen atoms in total. The van der Waals surface area contributed by atoms with Crippen molar-refractivity contribution < 1.29 is 14.7 Å². The fourth-order valence-electron chi connectivity index (χ4n) is 1.79. The first-order valence-electron chi connectivity index (χ1n) is 6.84. The summed E-state index contributed by atoms with van der Waals surface area (Å²) in [5, 5.41) is 11.5. The minimum atomic E-state index is -0.992. The van der Waals surface area contributed by atoms with Crippen LogP contribution in [-0.4, -0.2) is 23.0 Å². The Morgan fingerprint density at radius 2 is 2.15 bits per heavy atom. The number of carboxylic acids is 1. The maximum Gasteiger partial charge on any atom is 0.328 e. The number of nitrogens with one attached hydrogen (secondary N) is 1. The molecule has 0 aliphatic rings. The van der Waals surface area contributed by atoms with Gasteiger partial charge in [-0.3, -0.25) is 4.79 Å². The summed E-state index contributed by atoms with van der Waals surface area (Å²) in [7, 11) is 0. The van der Waals surface area contributed by atoms with Gasteiger partial charge in [-0.2, -0.15) is 0 Å². The molecule has 0 saturated carbocycles. The van der Waals surface area contributed by atoms with E-state index in [-0.39, 0.29) is 11.9 Å². The lowest BCUT2D eigenvalue weighted by Gasteiger charge is -2.12. The molecule has 2 N–H and O–H groups in total. The third-order valence-corrected chi connectivity index (χ3v) is 3.91. The molecule has 1 aromatic heterocycles. The van der Waals surface area contributed by atoms with Crippen molar-refractivity contribution in [2.24, 2.45) is 0 Å². The Balaban J connectivity index is 2.49. The highest BCUT2D eigenvalue weighted by Gasteiger charge is 2.11. The summed E-state index contributed by atoms with van der Waals surface area (Å²) in [6, 6.07) is 3.63. The second-order valence-corrected chi connectivity index (χ2v) is 5.86. The van der Waals surface area contributed by atoms with Gasteiger partial charge in [0.1, 0.15) is 0 Å². The molecular formula is C15H21NO3S. The average Bonchev–Trinajstić information content (AvgIpc) is 2.85. The Kier molecular flexibility index (Phi) is 7.01. The normalized spacial score (nSPS) is 12.5. The van der Waals surface area contributed by atoms with Crippen molar-refractivity contribution in [1.82, 2.24) is 5.32 Å². The first-order chi connectivity index (χ1) is 9.52. The Bertz CT molecular complexity index is 479. The van der Waals surface area contributed by atoms with Crippen molar-refractivity contribution in [2.75, 3.05) is 0 Å². The number of thiophene rings is 1. The largest absolute Gasteiger partial charge is 0.478 e. The maximum absolute atomic E-state index is 12.0. The van der Waals surface area contributed by atoms with E-state index < -0.39 is 5.97 Å². The van der Waals surface area contributed by atoms with Gasteiger partial charge in [0.2, 0.25) is 0 Å². The third kappa shape index (κ3) is 6.02. The van der Waals surface area contributed by atoms with Crippen LogP contribution in [-0.2, 0) is 4.79 Å². The summed E-state index contributed by atoms with van der Waals surface area (Å²) in [6.07, 6.45) is 7.02. The van der Waals surface area contributed by atoms with Crippen molar-refractivity contribution >= 4 is 29.3 Å². The molecular weight excluding hydrogens is 274 g/mol. The second kappa shape index (κ2) is 8.53. The first kappa shape index (κ1) is 16.4. The van der Waals surface area contributed by atoms with E-state index in [1.54, 1.807) is 12.1 Å². The minimum Gasteiger partial charge on any atom is -0.478 e. The summed E-state index contributed by atoms with van der Waals surface area (Å²) in [5.74, 6) is -1.08. The summed E-state index contributed by atoms with van der Waals surface area (Å²) in [5.41, 5.74) is 0. The number of unbranched alkanes of at least 4 members (excludes halogenated alkanes) is 2. The van der Waals surface area contributed by atoms with Crippen LogP contribution in [0.25, 0.3) is 6.08 Å². The van der Waals surface area contributed by atoms with E-state index in [0.717, 1.165) is 23.8 Å². The number of amides is 1. The van der Waals surface area contributed by atoms with E-state index in [1.165, 1.54) is 30.3 Å². The quantitative estimate of drug-likeness (QED) is 0.569. The molecule has 0 bridgehead atoms. The number of carbonyl (C=O) groups is 2. The van der Waals surface area contributed by atoms with Crippen LogP contribution in [0, 0.1) is 0 Å². The van der Waals surface area contributed by atoms with E-state index in [1.807, 2.05) is 6.92 Å². The van der Waals surface area contributed by atoms with E-state index in [2.05, 4.69) is 12.2 Å². The number of hydrogen-bond donors (Lipinski definition) is 2. The lowest BCUT2D eigenvalue weighted by molar-refractivity contribution is -0.131. The molecule has 0 radical (unpaired) electrons. The highest BCUT2D eigenvalue weighted by atomic mass is 32.1. The third-order valence-electron chi connectivity index (χ3n) is 2.86. The summed E-state index contributed by atoms with van der Waals surface area (Å²) >= 11 is 1.29. The molecule has 0 aliphatic carbocycles. The van der Waals surface area contributed by atoms with Crippen molar-refractivity contribution in [1.29, 1.82) is 0 Å². The molecule has 1 atom stereocenters. The molecule has 1 unspecified atom stereocenters. The Hall–Kier alpha value is -1.62. The van der Waals surface area contributed by atoms with Crippen LogP contribution in [0.3, 0.4) is 0 Å². The Morgan fingerprint density at radius 3 is 2.80 bits per heavy atom. The first-order valence-corrected chi connectivity index (χ1v) is 7.66. The van der Waals surface area contributed by atoms with Gasteiger partial charge in [-0.15, -0.1) is 11.3 Å².